The Morgan fingerprint density at radius 3 is 2.67 bits per heavy atom. The Bertz CT molecular complexity index is 640. The first kappa shape index (κ1) is 14.8. The van der Waals surface area contributed by atoms with Crippen LogP contribution in [0.25, 0.3) is 0 Å². The number of hydrogen-bond acceptors (Lipinski definition) is 3. The Morgan fingerprint density at radius 2 is 2.00 bits per heavy atom. The molecule has 0 atom stereocenters. The van der Waals surface area contributed by atoms with Crippen molar-refractivity contribution in [3.63, 3.8) is 0 Å². The first-order chi connectivity index (χ1) is 10.3. The van der Waals surface area contributed by atoms with Gasteiger partial charge in [0, 0.05) is 18.3 Å². The topological polar surface area (TPSA) is 62.2 Å². The molecule has 106 valence electrons. The number of aliphatic hydroxyl groups excluding tert-OH is 1. The Labute approximate surface area is 123 Å². The molecule has 0 aliphatic rings. The van der Waals surface area contributed by atoms with Gasteiger partial charge >= 0.3 is 0 Å². The molecule has 0 spiro atoms. The zero-order valence-corrected chi connectivity index (χ0v) is 11.5. The molecule has 1 heterocycles. The van der Waals surface area contributed by atoms with Gasteiger partial charge in [-0.1, -0.05) is 42.2 Å². The van der Waals surface area contributed by atoms with Gasteiger partial charge in [-0.3, -0.25) is 4.79 Å². The number of hydrogen-bond donors (Lipinski definition) is 2. The van der Waals surface area contributed by atoms with E-state index in [0.717, 1.165) is 6.42 Å². The maximum Gasteiger partial charge on any atom is 0.269 e. The average molecular weight is 280 g/mol. The Kier molecular flexibility index (Phi) is 5.50. The first-order valence-corrected chi connectivity index (χ1v) is 6.67. The summed E-state index contributed by atoms with van der Waals surface area (Å²) >= 11 is 0. The summed E-state index contributed by atoms with van der Waals surface area (Å²) in [6.07, 6.45) is 2.31. The number of aromatic nitrogens is 1. The Hall–Kier alpha value is -2.64. The largest absolute Gasteiger partial charge is 0.384 e. The maximum atomic E-state index is 11.9. The Morgan fingerprint density at radius 1 is 1.19 bits per heavy atom. The van der Waals surface area contributed by atoms with Crippen LogP contribution in [0.15, 0.2) is 48.7 Å². The molecule has 0 aliphatic heterocycles. The monoisotopic (exact) mass is 280 g/mol. The number of carbonyl (C=O) groups is 1. The summed E-state index contributed by atoms with van der Waals surface area (Å²) in [5, 5.41) is 11.4. The maximum absolute atomic E-state index is 11.9. The van der Waals surface area contributed by atoms with E-state index >= 15 is 0 Å². The van der Waals surface area contributed by atoms with E-state index in [-0.39, 0.29) is 12.5 Å². The van der Waals surface area contributed by atoms with Gasteiger partial charge in [0.1, 0.15) is 12.3 Å². The number of nitrogens with zero attached hydrogens (tertiary/aromatic N) is 1. The van der Waals surface area contributed by atoms with Gasteiger partial charge in [-0.25, -0.2) is 4.98 Å². The molecule has 0 unspecified atom stereocenters. The number of aliphatic hydroxyl groups is 1. The highest BCUT2D eigenvalue weighted by molar-refractivity contribution is 5.92. The Balaban J connectivity index is 1.85. The van der Waals surface area contributed by atoms with E-state index in [1.165, 1.54) is 11.8 Å². The van der Waals surface area contributed by atoms with Crippen molar-refractivity contribution in [1.82, 2.24) is 10.3 Å². The van der Waals surface area contributed by atoms with Crippen molar-refractivity contribution >= 4 is 5.91 Å². The molecule has 2 N–H and O–H groups in total. The van der Waals surface area contributed by atoms with E-state index in [9.17, 15) is 4.79 Å². The minimum atomic E-state index is -0.201. The van der Waals surface area contributed by atoms with Crippen molar-refractivity contribution in [1.29, 1.82) is 0 Å². The summed E-state index contributed by atoms with van der Waals surface area (Å²) in [4.78, 5) is 16.0. The lowest BCUT2D eigenvalue weighted by Gasteiger charge is -2.04. The standard InChI is InChI=1S/C17H16N2O2/c20-12-4-7-15-8-9-16(19-13-15)17(21)18-11-10-14-5-2-1-3-6-14/h1-3,5-6,8-9,13,20H,10-12H2,(H,18,21). The summed E-state index contributed by atoms with van der Waals surface area (Å²) < 4.78 is 0. The third-order valence-electron chi connectivity index (χ3n) is 2.85. The molecule has 0 fully saturated rings. The summed E-state index contributed by atoms with van der Waals surface area (Å²) in [7, 11) is 0. The summed E-state index contributed by atoms with van der Waals surface area (Å²) in [6, 6.07) is 13.3. The zero-order valence-electron chi connectivity index (χ0n) is 11.5. The van der Waals surface area contributed by atoms with Crippen molar-refractivity contribution in [2.24, 2.45) is 0 Å². The molecule has 0 bridgehead atoms. The van der Waals surface area contributed by atoms with Crippen LogP contribution in [0, 0.1) is 11.8 Å². The number of nitrogens with one attached hydrogen (secondary N) is 1. The second-order valence-corrected chi connectivity index (χ2v) is 4.38. The summed E-state index contributed by atoms with van der Waals surface area (Å²) in [6.45, 7) is 0.373. The molecule has 4 heteroatoms. The molecular formula is C17H16N2O2. The smallest absolute Gasteiger partial charge is 0.269 e. The molecule has 0 saturated carbocycles. The van der Waals surface area contributed by atoms with Gasteiger partial charge in [0.25, 0.3) is 5.91 Å². The van der Waals surface area contributed by atoms with Crippen LogP contribution in [0.4, 0.5) is 0 Å². The number of rotatable bonds is 4. The molecule has 1 amide bonds. The highest BCUT2D eigenvalue weighted by atomic mass is 16.2. The summed E-state index contributed by atoms with van der Waals surface area (Å²) in [5.74, 6) is 5.06. The lowest BCUT2D eigenvalue weighted by Crippen LogP contribution is -2.26. The van der Waals surface area contributed by atoms with Crippen LogP contribution < -0.4 is 5.32 Å². The van der Waals surface area contributed by atoms with E-state index in [0.29, 0.717) is 17.8 Å². The molecule has 2 rings (SSSR count). The van der Waals surface area contributed by atoms with Crippen LogP contribution in [0.3, 0.4) is 0 Å². The summed E-state index contributed by atoms with van der Waals surface area (Å²) in [5.41, 5.74) is 2.21. The van der Waals surface area contributed by atoms with Crippen LogP contribution >= 0.6 is 0 Å². The lowest BCUT2D eigenvalue weighted by atomic mass is 10.1. The first-order valence-electron chi connectivity index (χ1n) is 6.67. The number of carbonyl (C=O) groups excluding carboxylic acids is 1. The molecule has 0 saturated heterocycles. The number of benzene rings is 1. The normalized spacial score (nSPS) is 9.57. The molecule has 0 radical (unpaired) electrons. The number of amides is 1. The molecular weight excluding hydrogens is 264 g/mol. The van der Waals surface area contributed by atoms with Crippen molar-refractivity contribution in [3.05, 3.63) is 65.5 Å². The third kappa shape index (κ3) is 4.75. The van der Waals surface area contributed by atoms with Crippen LogP contribution in [0.2, 0.25) is 0 Å². The SMILES string of the molecule is O=C(NCCc1ccccc1)c1ccc(C#CCO)cn1. The van der Waals surface area contributed by atoms with E-state index in [4.69, 9.17) is 5.11 Å². The van der Waals surface area contributed by atoms with Crippen molar-refractivity contribution in [2.75, 3.05) is 13.2 Å². The van der Waals surface area contributed by atoms with E-state index in [2.05, 4.69) is 22.1 Å². The van der Waals surface area contributed by atoms with Crippen LogP contribution in [0.1, 0.15) is 21.6 Å². The quantitative estimate of drug-likeness (QED) is 0.832. The molecule has 21 heavy (non-hydrogen) atoms. The van der Waals surface area contributed by atoms with Crippen molar-refractivity contribution in [2.45, 2.75) is 6.42 Å². The lowest BCUT2D eigenvalue weighted by molar-refractivity contribution is 0.0949. The fraction of sp³-hybridized carbons (Fsp3) is 0.176. The van der Waals surface area contributed by atoms with Crippen molar-refractivity contribution < 1.29 is 9.90 Å². The average Bonchev–Trinajstić information content (AvgIpc) is 2.54. The van der Waals surface area contributed by atoms with E-state index in [1.54, 1.807) is 12.1 Å². The van der Waals surface area contributed by atoms with E-state index in [1.807, 2.05) is 30.3 Å². The minimum Gasteiger partial charge on any atom is -0.384 e. The highest BCUT2D eigenvalue weighted by Crippen LogP contribution is 2.00. The zero-order chi connectivity index (χ0) is 14.9. The van der Waals surface area contributed by atoms with Gasteiger partial charge in [-0.2, -0.15) is 0 Å². The van der Waals surface area contributed by atoms with Crippen LogP contribution in [0.5, 0.6) is 0 Å². The third-order valence-corrected chi connectivity index (χ3v) is 2.85. The van der Waals surface area contributed by atoms with Gasteiger partial charge in [0.15, 0.2) is 0 Å². The van der Waals surface area contributed by atoms with Gasteiger partial charge in [0.2, 0.25) is 0 Å². The fourth-order valence-electron chi connectivity index (χ4n) is 1.80. The molecule has 2 aromatic rings. The van der Waals surface area contributed by atoms with Gasteiger partial charge in [-0.15, -0.1) is 0 Å². The van der Waals surface area contributed by atoms with Gasteiger partial charge in [0.05, 0.1) is 0 Å². The minimum absolute atomic E-state index is 0.193. The molecule has 0 aliphatic carbocycles. The molecule has 1 aromatic heterocycles. The fourth-order valence-corrected chi connectivity index (χ4v) is 1.80. The predicted molar refractivity (Wildman–Crippen MR) is 80.7 cm³/mol. The van der Waals surface area contributed by atoms with Gasteiger partial charge in [-0.05, 0) is 24.1 Å². The predicted octanol–water partition coefficient (Wildman–Crippen LogP) is 1.40. The molecule has 4 nitrogen and oxygen atoms in total. The van der Waals surface area contributed by atoms with Crippen LogP contribution in [-0.4, -0.2) is 29.1 Å². The number of pyridine rings is 1. The molecule has 1 aromatic carbocycles. The van der Waals surface area contributed by atoms with Crippen molar-refractivity contribution in [3.8, 4) is 11.8 Å². The van der Waals surface area contributed by atoms with E-state index < -0.39 is 0 Å². The van der Waals surface area contributed by atoms with Gasteiger partial charge < -0.3 is 10.4 Å². The second kappa shape index (κ2) is 7.83. The van der Waals surface area contributed by atoms with Crippen LogP contribution in [-0.2, 0) is 6.42 Å². The second-order valence-electron chi connectivity index (χ2n) is 4.38. The highest BCUT2D eigenvalue weighted by Gasteiger charge is 2.05.